The molecule has 0 heterocycles. The van der Waals surface area contributed by atoms with Crippen LogP contribution in [0.15, 0.2) is 24.3 Å². The number of carbonyl (C=O) groups excluding carboxylic acids is 1. The van der Waals surface area contributed by atoms with Crippen molar-refractivity contribution in [1.82, 2.24) is 5.32 Å². The van der Waals surface area contributed by atoms with E-state index in [1.165, 1.54) is 0 Å². The number of alkyl halides is 1. The minimum Gasteiger partial charge on any atom is -0.497 e. The minimum absolute atomic E-state index is 0.0165. The van der Waals surface area contributed by atoms with E-state index < -0.39 is 0 Å². The predicted molar refractivity (Wildman–Crippen MR) is 72.4 cm³/mol. The molecule has 1 amide bonds. The molecule has 0 bridgehead atoms. The van der Waals surface area contributed by atoms with Gasteiger partial charge in [0.05, 0.1) is 11.9 Å². The third-order valence-electron chi connectivity index (χ3n) is 2.44. The Bertz CT molecular complexity index is 379. The maximum absolute atomic E-state index is 11.7. The Kier molecular flexibility index (Phi) is 5.48. The van der Waals surface area contributed by atoms with Gasteiger partial charge in [-0.3, -0.25) is 4.79 Å². The van der Waals surface area contributed by atoms with E-state index in [-0.39, 0.29) is 16.7 Å². The Balaban J connectivity index is 2.52. The lowest BCUT2D eigenvalue weighted by atomic mass is 10.1. The summed E-state index contributed by atoms with van der Waals surface area (Å²) in [4.78, 5) is 11.6. The van der Waals surface area contributed by atoms with E-state index in [2.05, 4.69) is 21.2 Å². The number of hydrogen-bond donors (Lipinski definition) is 1. The summed E-state index contributed by atoms with van der Waals surface area (Å²) in [5.41, 5.74) is 1.03. The number of nitrogens with one attached hydrogen (secondary N) is 1. The van der Waals surface area contributed by atoms with Crippen molar-refractivity contribution >= 4 is 21.8 Å². The molecule has 0 saturated carbocycles. The fourth-order valence-corrected chi connectivity index (χ4v) is 1.53. The lowest BCUT2D eigenvalue weighted by molar-refractivity contribution is -0.121. The van der Waals surface area contributed by atoms with E-state index in [0.717, 1.165) is 11.3 Å². The summed E-state index contributed by atoms with van der Waals surface area (Å²) in [5, 5.41) is 2.89. The zero-order valence-corrected chi connectivity index (χ0v) is 12.0. The van der Waals surface area contributed by atoms with Gasteiger partial charge >= 0.3 is 0 Å². The smallest absolute Gasteiger partial charge is 0.234 e. The number of halogens is 1. The van der Waals surface area contributed by atoms with E-state index in [4.69, 9.17) is 4.74 Å². The van der Waals surface area contributed by atoms with Crippen LogP contribution in [0.5, 0.6) is 5.75 Å². The molecule has 1 aromatic carbocycles. The van der Waals surface area contributed by atoms with Crippen molar-refractivity contribution in [2.75, 3.05) is 7.11 Å². The predicted octanol–water partition coefficient (Wildman–Crippen LogP) is 2.73. The molecule has 3 nitrogen and oxygen atoms in total. The third-order valence-corrected chi connectivity index (χ3v) is 3.91. The fourth-order valence-electron chi connectivity index (χ4n) is 1.37. The first-order chi connectivity index (χ1) is 8.04. The number of hydrogen-bond acceptors (Lipinski definition) is 2. The van der Waals surface area contributed by atoms with Crippen molar-refractivity contribution in [3.8, 4) is 5.75 Å². The molecule has 0 fully saturated rings. The first kappa shape index (κ1) is 14.0. The lowest BCUT2D eigenvalue weighted by Crippen LogP contribution is -2.33. The van der Waals surface area contributed by atoms with Crippen molar-refractivity contribution in [1.29, 1.82) is 0 Å². The van der Waals surface area contributed by atoms with Gasteiger partial charge in [0, 0.05) is 6.54 Å². The Morgan fingerprint density at radius 2 is 2.18 bits per heavy atom. The highest BCUT2D eigenvalue weighted by molar-refractivity contribution is 9.10. The van der Waals surface area contributed by atoms with Gasteiger partial charge < -0.3 is 10.1 Å². The van der Waals surface area contributed by atoms with Gasteiger partial charge in [-0.1, -0.05) is 41.9 Å². The maximum Gasteiger partial charge on any atom is 0.234 e. The summed E-state index contributed by atoms with van der Waals surface area (Å²) >= 11 is 3.37. The third kappa shape index (κ3) is 4.38. The summed E-state index contributed by atoms with van der Waals surface area (Å²) < 4.78 is 5.13. The quantitative estimate of drug-likeness (QED) is 0.849. The summed E-state index contributed by atoms with van der Waals surface area (Å²) in [5.74, 6) is 1.10. The second-order valence-corrected chi connectivity index (χ2v) is 5.20. The highest BCUT2D eigenvalue weighted by Crippen LogP contribution is 2.14. The van der Waals surface area contributed by atoms with Crippen molar-refractivity contribution in [2.45, 2.75) is 25.2 Å². The van der Waals surface area contributed by atoms with E-state index in [9.17, 15) is 4.79 Å². The Morgan fingerprint density at radius 3 is 2.76 bits per heavy atom. The molecular weight excluding hydrogens is 282 g/mol. The SMILES string of the molecule is COc1cccc(CNC(=O)C(Br)C(C)C)c1. The number of carbonyl (C=O) groups is 1. The van der Waals surface area contributed by atoms with E-state index in [0.29, 0.717) is 6.54 Å². The van der Waals surface area contributed by atoms with Crippen molar-refractivity contribution in [3.63, 3.8) is 0 Å². The van der Waals surface area contributed by atoms with E-state index in [1.54, 1.807) is 7.11 Å². The van der Waals surface area contributed by atoms with Gasteiger partial charge in [-0.2, -0.15) is 0 Å². The minimum atomic E-state index is -0.145. The number of methoxy groups -OCH3 is 1. The second kappa shape index (κ2) is 6.64. The van der Waals surface area contributed by atoms with Crippen LogP contribution in [0.1, 0.15) is 19.4 Å². The van der Waals surface area contributed by atoms with Crippen LogP contribution in [0, 0.1) is 5.92 Å². The van der Waals surface area contributed by atoms with Gasteiger partial charge in [0.25, 0.3) is 0 Å². The first-order valence-electron chi connectivity index (χ1n) is 5.59. The maximum atomic E-state index is 11.7. The number of rotatable bonds is 5. The molecule has 1 N–H and O–H groups in total. The van der Waals surface area contributed by atoms with Crippen molar-refractivity contribution < 1.29 is 9.53 Å². The zero-order chi connectivity index (χ0) is 12.8. The van der Waals surface area contributed by atoms with Crippen molar-refractivity contribution in [3.05, 3.63) is 29.8 Å². The molecule has 94 valence electrons. The molecule has 1 aromatic rings. The number of benzene rings is 1. The monoisotopic (exact) mass is 299 g/mol. The molecule has 0 aliphatic rings. The molecule has 1 rings (SSSR count). The average molecular weight is 300 g/mol. The summed E-state index contributed by atoms with van der Waals surface area (Å²) in [6, 6.07) is 7.67. The standard InChI is InChI=1S/C13H18BrNO2/c1-9(2)12(14)13(16)15-8-10-5-4-6-11(7-10)17-3/h4-7,9,12H,8H2,1-3H3,(H,15,16). The van der Waals surface area contributed by atoms with E-state index >= 15 is 0 Å². The Hall–Kier alpha value is -1.03. The van der Waals surface area contributed by atoms with Crippen molar-refractivity contribution in [2.24, 2.45) is 5.92 Å². The Morgan fingerprint density at radius 1 is 1.47 bits per heavy atom. The molecule has 0 radical (unpaired) electrons. The van der Waals surface area contributed by atoms with Crippen LogP contribution < -0.4 is 10.1 Å². The van der Waals surface area contributed by atoms with Crippen LogP contribution in [-0.2, 0) is 11.3 Å². The van der Waals surface area contributed by atoms with Crippen LogP contribution in [0.2, 0.25) is 0 Å². The molecule has 0 saturated heterocycles. The molecule has 0 aromatic heterocycles. The van der Waals surface area contributed by atoms with Crippen LogP contribution >= 0.6 is 15.9 Å². The first-order valence-corrected chi connectivity index (χ1v) is 6.51. The summed E-state index contributed by atoms with van der Waals surface area (Å²) in [7, 11) is 1.63. The largest absolute Gasteiger partial charge is 0.497 e. The number of ether oxygens (including phenoxy) is 1. The molecule has 17 heavy (non-hydrogen) atoms. The molecule has 0 aliphatic heterocycles. The van der Waals surface area contributed by atoms with Crippen LogP contribution in [-0.4, -0.2) is 17.8 Å². The molecule has 0 aliphatic carbocycles. The van der Waals surface area contributed by atoms with Crippen LogP contribution in [0.25, 0.3) is 0 Å². The molecule has 0 spiro atoms. The van der Waals surface area contributed by atoms with Crippen LogP contribution in [0.3, 0.4) is 0 Å². The molecule has 4 heteroatoms. The average Bonchev–Trinajstić information content (AvgIpc) is 2.35. The highest BCUT2D eigenvalue weighted by atomic mass is 79.9. The molecule has 1 unspecified atom stereocenters. The molecular formula is C13H18BrNO2. The molecule has 1 atom stereocenters. The van der Waals surface area contributed by atoms with Gasteiger partial charge in [-0.05, 0) is 23.6 Å². The lowest BCUT2D eigenvalue weighted by Gasteiger charge is -2.14. The second-order valence-electron chi connectivity index (χ2n) is 4.22. The summed E-state index contributed by atoms with van der Waals surface area (Å²) in [6.45, 7) is 4.53. The normalized spacial score (nSPS) is 12.3. The topological polar surface area (TPSA) is 38.3 Å². The van der Waals surface area contributed by atoms with Gasteiger partial charge in [0.1, 0.15) is 5.75 Å². The highest BCUT2D eigenvalue weighted by Gasteiger charge is 2.17. The van der Waals surface area contributed by atoms with Gasteiger partial charge in [0.2, 0.25) is 5.91 Å². The van der Waals surface area contributed by atoms with Gasteiger partial charge in [0.15, 0.2) is 0 Å². The number of amides is 1. The fraction of sp³-hybridized carbons (Fsp3) is 0.462. The van der Waals surface area contributed by atoms with Gasteiger partial charge in [-0.25, -0.2) is 0 Å². The van der Waals surface area contributed by atoms with Crippen LogP contribution in [0.4, 0.5) is 0 Å². The van der Waals surface area contributed by atoms with E-state index in [1.807, 2.05) is 38.1 Å². The zero-order valence-electron chi connectivity index (χ0n) is 10.4. The Labute approximate surface area is 111 Å². The summed E-state index contributed by atoms with van der Waals surface area (Å²) in [6.07, 6.45) is 0. The van der Waals surface area contributed by atoms with Gasteiger partial charge in [-0.15, -0.1) is 0 Å².